The van der Waals surface area contributed by atoms with Gasteiger partial charge in [0.25, 0.3) is 0 Å². The van der Waals surface area contributed by atoms with Crippen molar-refractivity contribution in [3.63, 3.8) is 0 Å². The van der Waals surface area contributed by atoms with Crippen LogP contribution >= 0.6 is 0 Å². The Bertz CT molecular complexity index is 2170. The molecule has 0 bridgehead atoms. The van der Waals surface area contributed by atoms with Crippen molar-refractivity contribution in [2.75, 3.05) is 0 Å². The third kappa shape index (κ3) is 4.92. The second-order valence-corrected chi connectivity index (χ2v) is 10.7. The Hall–Kier alpha value is -4.36. The molecule has 43 heavy (non-hydrogen) atoms. The predicted molar refractivity (Wildman–Crippen MR) is 178 cm³/mol. The largest absolute Gasteiger partial charge is 0.226 e. The first kappa shape index (κ1) is 27.5. The Balaban J connectivity index is 0.00000300. The van der Waals surface area contributed by atoms with Gasteiger partial charge in [-0.2, -0.15) is 36.4 Å². The van der Waals surface area contributed by atoms with E-state index >= 15 is 0 Å². The molecule has 0 aromatic heterocycles. The molecule has 0 saturated carbocycles. The SMILES string of the molecule is [Y].[c-]1ccccc1-c1[c-]cc(-c2c3ccccc3c(-c3cccc(-c4cccc5ccccc45)c3)c3ccccc23)cc1. The molecule has 0 unspecified atom stereocenters. The van der Waals surface area contributed by atoms with Gasteiger partial charge < -0.3 is 0 Å². The summed E-state index contributed by atoms with van der Waals surface area (Å²) in [6.45, 7) is 0. The summed E-state index contributed by atoms with van der Waals surface area (Å²) in [6.07, 6.45) is 0. The van der Waals surface area contributed by atoms with Gasteiger partial charge in [-0.05, 0) is 66.2 Å². The summed E-state index contributed by atoms with van der Waals surface area (Å²) in [7, 11) is 0. The molecule has 8 aromatic rings. The first-order valence-electron chi connectivity index (χ1n) is 14.4. The Morgan fingerprint density at radius 1 is 0.372 bits per heavy atom. The van der Waals surface area contributed by atoms with Gasteiger partial charge in [0.05, 0.1) is 0 Å². The van der Waals surface area contributed by atoms with Gasteiger partial charge in [0.1, 0.15) is 0 Å². The molecule has 8 rings (SSSR count). The van der Waals surface area contributed by atoms with E-state index in [4.69, 9.17) is 0 Å². The third-order valence-electron chi connectivity index (χ3n) is 8.28. The second kappa shape index (κ2) is 11.7. The van der Waals surface area contributed by atoms with Crippen molar-refractivity contribution in [3.05, 3.63) is 170 Å². The van der Waals surface area contributed by atoms with E-state index in [2.05, 4.69) is 152 Å². The van der Waals surface area contributed by atoms with E-state index in [1.165, 1.54) is 60.1 Å². The van der Waals surface area contributed by atoms with Crippen LogP contribution in [-0.4, -0.2) is 0 Å². The Labute approximate surface area is 277 Å². The molecule has 0 aliphatic rings. The Morgan fingerprint density at radius 3 is 1.58 bits per heavy atom. The third-order valence-corrected chi connectivity index (χ3v) is 8.28. The molecule has 0 spiro atoms. The normalized spacial score (nSPS) is 11.1. The van der Waals surface area contributed by atoms with Gasteiger partial charge in [0, 0.05) is 32.7 Å². The summed E-state index contributed by atoms with van der Waals surface area (Å²) in [5.74, 6) is 0. The Morgan fingerprint density at radius 2 is 0.930 bits per heavy atom. The summed E-state index contributed by atoms with van der Waals surface area (Å²) in [5, 5.41) is 7.52. The van der Waals surface area contributed by atoms with Crippen LogP contribution in [0.15, 0.2) is 158 Å². The molecule has 1 radical (unpaired) electrons. The van der Waals surface area contributed by atoms with Crippen LogP contribution in [-0.2, 0) is 32.7 Å². The number of rotatable bonds is 4. The smallest absolute Gasteiger partial charge is 0 e. The van der Waals surface area contributed by atoms with E-state index in [1.54, 1.807) is 0 Å². The van der Waals surface area contributed by atoms with Gasteiger partial charge in [-0.1, -0.05) is 115 Å². The molecule has 0 amide bonds. The van der Waals surface area contributed by atoms with Crippen molar-refractivity contribution in [1.29, 1.82) is 0 Å². The van der Waals surface area contributed by atoms with Crippen LogP contribution in [0.3, 0.4) is 0 Å². The molecule has 0 nitrogen and oxygen atoms in total. The van der Waals surface area contributed by atoms with Gasteiger partial charge in [0.2, 0.25) is 0 Å². The topological polar surface area (TPSA) is 0 Å². The van der Waals surface area contributed by atoms with Gasteiger partial charge in [-0.3, -0.25) is 0 Å². The van der Waals surface area contributed by atoms with Crippen LogP contribution in [0.1, 0.15) is 0 Å². The van der Waals surface area contributed by atoms with E-state index in [0.717, 1.165) is 16.7 Å². The molecule has 0 heterocycles. The van der Waals surface area contributed by atoms with Crippen molar-refractivity contribution < 1.29 is 32.7 Å². The standard InChI is InChI=1S/C42H26.Y/c1-2-12-29(13-3-1)30-24-26-32(27-25-30)41-37-19-6-8-21-39(37)42(40-22-9-7-20-38(40)41)34-17-10-16-33(28-34)36-23-11-15-31-14-4-5-18-35(31)36;/h1-12,14-24,26-28H;/q-2;. The monoisotopic (exact) mass is 619 g/mol. The van der Waals surface area contributed by atoms with E-state index < -0.39 is 0 Å². The summed E-state index contributed by atoms with van der Waals surface area (Å²) in [6, 6.07) is 63.3. The minimum Gasteiger partial charge on any atom is -0.226 e. The summed E-state index contributed by atoms with van der Waals surface area (Å²) in [4.78, 5) is 0. The van der Waals surface area contributed by atoms with Gasteiger partial charge in [0.15, 0.2) is 0 Å². The van der Waals surface area contributed by atoms with Crippen molar-refractivity contribution in [2.24, 2.45) is 0 Å². The molecule has 0 aliphatic heterocycles. The molecule has 0 atom stereocenters. The predicted octanol–water partition coefficient (Wildman–Crippen LogP) is 11.4. The van der Waals surface area contributed by atoms with Crippen LogP contribution in [0.25, 0.3) is 76.8 Å². The molecule has 199 valence electrons. The number of hydrogen-bond donors (Lipinski definition) is 0. The first-order valence-corrected chi connectivity index (χ1v) is 14.4. The minimum atomic E-state index is 0. The zero-order valence-electron chi connectivity index (χ0n) is 23.6. The fraction of sp³-hybridized carbons (Fsp3) is 0. The molecule has 0 aliphatic carbocycles. The van der Waals surface area contributed by atoms with Crippen LogP contribution in [0.4, 0.5) is 0 Å². The molecule has 0 saturated heterocycles. The molecule has 0 N–H and O–H groups in total. The molecule has 0 fully saturated rings. The first-order chi connectivity index (χ1) is 20.8. The summed E-state index contributed by atoms with van der Waals surface area (Å²) >= 11 is 0. The second-order valence-electron chi connectivity index (χ2n) is 10.7. The fourth-order valence-electron chi connectivity index (χ4n) is 6.38. The van der Waals surface area contributed by atoms with Crippen molar-refractivity contribution in [1.82, 2.24) is 0 Å². The molecular formula is C42H26Y-2. The number of benzene rings is 8. The van der Waals surface area contributed by atoms with E-state index in [0.29, 0.717) is 0 Å². The molecular weight excluding hydrogens is 593 g/mol. The minimum absolute atomic E-state index is 0. The maximum Gasteiger partial charge on any atom is 0 e. The van der Waals surface area contributed by atoms with E-state index in [1.807, 2.05) is 18.2 Å². The summed E-state index contributed by atoms with van der Waals surface area (Å²) < 4.78 is 0. The summed E-state index contributed by atoms with van der Waals surface area (Å²) in [5.41, 5.74) is 9.49. The average Bonchev–Trinajstić information content (AvgIpc) is 3.07. The quantitative estimate of drug-likeness (QED) is 0.136. The zero-order valence-corrected chi connectivity index (χ0v) is 26.4. The maximum atomic E-state index is 3.54. The van der Waals surface area contributed by atoms with Gasteiger partial charge >= 0.3 is 0 Å². The molecule has 1 heteroatoms. The number of hydrogen-bond acceptors (Lipinski definition) is 0. The van der Waals surface area contributed by atoms with Crippen molar-refractivity contribution >= 4 is 32.3 Å². The van der Waals surface area contributed by atoms with Crippen LogP contribution in [0, 0.1) is 12.1 Å². The molecule has 8 aromatic carbocycles. The van der Waals surface area contributed by atoms with Crippen LogP contribution in [0.5, 0.6) is 0 Å². The average molecular weight is 620 g/mol. The maximum absolute atomic E-state index is 3.54. The van der Waals surface area contributed by atoms with Crippen LogP contribution < -0.4 is 0 Å². The van der Waals surface area contributed by atoms with E-state index in [-0.39, 0.29) is 32.7 Å². The van der Waals surface area contributed by atoms with Gasteiger partial charge in [-0.25, -0.2) is 11.1 Å². The van der Waals surface area contributed by atoms with Crippen LogP contribution in [0.2, 0.25) is 0 Å². The van der Waals surface area contributed by atoms with Crippen molar-refractivity contribution in [3.8, 4) is 44.5 Å². The number of fused-ring (bicyclic) bond motifs is 3. The zero-order chi connectivity index (χ0) is 27.9. The van der Waals surface area contributed by atoms with E-state index in [9.17, 15) is 0 Å². The Kier molecular flexibility index (Phi) is 7.50. The van der Waals surface area contributed by atoms with Crippen molar-refractivity contribution in [2.45, 2.75) is 0 Å². The fourth-order valence-corrected chi connectivity index (χ4v) is 6.38. The van der Waals surface area contributed by atoms with Gasteiger partial charge in [-0.15, -0.1) is 18.2 Å².